The summed E-state index contributed by atoms with van der Waals surface area (Å²) in [4.78, 5) is 0.569. The molecule has 0 unspecified atom stereocenters. The molecule has 0 saturated carbocycles. The minimum atomic E-state index is -2.37. The highest BCUT2D eigenvalue weighted by Gasteiger charge is 2.04. The molecule has 0 spiro atoms. The van der Waals surface area contributed by atoms with Crippen molar-refractivity contribution < 1.29 is 8.78 Å². The van der Waals surface area contributed by atoms with E-state index in [9.17, 15) is 8.78 Å². The van der Waals surface area contributed by atoms with Crippen LogP contribution >= 0.6 is 11.8 Å². The van der Waals surface area contributed by atoms with E-state index in [1.807, 2.05) is 12.1 Å². The molecule has 1 aromatic carbocycles. The van der Waals surface area contributed by atoms with E-state index in [0.29, 0.717) is 23.2 Å². The van der Waals surface area contributed by atoms with Crippen molar-refractivity contribution in [2.24, 2.45) is 5.73 Å². The van der Waals surface area contributed by atoms with E-state index in [0.717, 1.165) is 5.56 Å². The highest BCUT2D eigenvalue weighted by molar-refractivity contribution is 7.99. The Labute approximate surface area is 86.0 Å². The van der Waals surface area contributed by atoms with Crippen molar-refractivity contribution in [2.75, 3.05) is 6.54 Å². The maximum absolute atomic E-state index is 12.0. The Hall–Kier alpha value is -0.870. The highest BCUT2D eigenvalue weighted by atomic mass is 32.2. The molecule has 0 aliphatic carbocycles. The quantitative estimate of drug-likeness (QED) is 0.781. The predicted molar refractivity (Wildman–Crippen MR) is 56.4 cm³/mol. The van der Waals surface area contributed by atoms with Crippen LogP contribution in [0.3, 0.4) is 0 Å². The molecule has 0 aliphatic heterocycles. The van der Waals surface area contributed by atoms with Crippen LogP contribution < -0.4 is 5.73 Å². The van der Waals surface area contributed by atoms with Crippen LogP contribution in [0.25, 0.3) is 6.08 Å². The van der Waals surface area contributed by atoms with E-state index < -0.39 is 5.76 Å². The zero-order valence-electron chi connectivity index (χ0n) is 7.49. The minimum Gasteiger partial charge on any atom is -0.327 e. The fourth-order valence-electron chi connectivity index (χ4n) is 0.999. The molecule has 0 fully saturated rings. The summed E-state index contributed by atoms with van der Waals surface area (Å²) in [6.07, 6.45) is 3.60. The molecular formula is C10H11F2NS. The molecule has 0 amide bonds. The maximum Gasteiger partial charge on any atom is 0.288 e. The molecule has 1 nitrogen and oxygen atoms in total. The first-order valence-electron chi connectivity index (χ1n) is 4.14. The first-order valence-corrected chi connectivity index (χ1v) is 5.02. The van der Waals surface area contributed by atoms with Gasteiger partial charge in [0.1, 0.15) is 0 Å². The second-order valence-electron chi connectivity index (χ2n) is 2.59. The molecule has 76 valence electrons. The maximum atomic E-state index is 12.0. The van der Waals surface area contributed by atoms with Gasteiger partial charge < -0.3 is 5.73 Å². The molecule has 1 aromatic rings. The van der Waals surface area contributed by atoms with Crippen LogP contribution in [0.15, 0.2) is 35.2 Å². The first-order chi connectivity index (χ1) is 6.72. The fourth-order valence-corrected chi connectivity index (χ4v) is 1.57. The summed E-state index contributed by atoms with van der Waals surface area (Å²) in [5, 5.41) is 0. The van der Waals surface area contributed by atoms with Crippen molar-refractivity contribution in [3.8, 4) is 0 Å². The highest BCUT2D eigenvalue weighted by Crippen LogP contribution is 2.25. The van der Waals surface area contributed by atoms with Gasteiger partial charge in [-0.3, -0.25) is 0 Å². The van der Waals surface area contributed by atoms with Crippen LogP contribution in [0.1, 0.15) is 5.56 Å². The van der Waals surface area contributed by atoms with Crippen molar-refractivity contribution in [1.29, 1.82) is 0 Å². The molecule has 0 heterocycles. The van der Waals surface area contributed by atoms with Crippen LogP contribution in [0.4, 0.5) is 8.78 Å². The van der Waals surface area contributed by atoms with E-state index >= 15 is 0 Å². The monoisotopic (exact) mass is 215 g/mol. The van der Waals surface area contributed by atoms with Crippen molar-refractivity contribution in [3.63, 3.8) is 0 Å². The van der Waals surface area contributed by atoms with Gasteiger partial charge >= 0.3 is 0 Å². The van der Waals surface area contributed by atoms with E-state index in [4.69, 9.17) is 5.73 Å². The number of halogens is 2. The van der Waals surface area contributed by atoms with Crippen molar-refractivity contribution in [2.45, 2.75) is 10.7 Å². The number of hydrogen-bond donors (Lipinski definition) is 1. The summed E-state index contributed by atoms with van der Waals surface area (Å²) in [7, 11) is 0. The van der Waals surface area contributed by atoms with Crippen molar-refractivity contribution in [3.05, 3.63) is 35.9 Å². The molecule has 0 bridgehead atoms. The zero-order chi connectivity index (χ0) is 10.4. The van der Waals surface area contributed by atoms with Crippen LogP contribution in [0.2, 0.25) is 0 Å². The summed E-state index contributed by atoms with van der Waals surface area (Å²) in [6.45, 7) is 0.451. The normalized spacial score (nSPS) is 11.4. The molecular weight excluding hydrogens is 204 g/mol. The van der Waals surface area contributed by atoms with Crippen molar-refractivity contribution in [1.82, 2.24) is 0 Å². The lowest BCUT2D eigenvalue weighted by atomic mass is 10.2. The molecule has 4 heteroatoms. The first kappa shape index (κ1) is 11.2. The summed E-state index contributed by atoms with van der Waals surface area (Å²) < 4.78 is 24.1. The molecule has 0 aromatic heterocycles. The third kappa shape index (κ3) is 3.89. The molecule has 2 N–H and O–H groups in total. The Kier molecular flexibility index (Phi) is 4.62. The van der Waals surface area contributed by atoms with E-state index in [2.05, 4.69) is 0 Å². The average molecular weight is 215 g/mol. The van der Waals surface area contributed by atoms with E-state index in [1.165, 1.54) is 0 Å². The number of rotatable bonds is 4. The standard InChI is InChI=1S/C10H11F2NS/c11-10(12)14-9-5-1-3-8(7-9)4-2-6-13/h1-5,7,10H,6,13H2/b4-2+. The zero-order valence-corrected chi connectivity index (χ0v) is 8.31. The van der Waals surface area contributed by atoms with Gasteiger partial charge in [0.25, 0.3) is 5.76 Å². The van der Waals surface area contributed by atoms with Gasteiger partial charge in [0, 0.05) is 11.4 Å². The smallest absolute Gasteiger partial charge is 0.288 e. The SMILES string of the molecule is NC/C=C/c1cccc(SC(F)F)c1. The van der Waals surface area contributed by atoms with Crippen LogP contribution in [-0.2, 0) is 0 Å². The van der Waals surface area contributed by atoms with Gasteiger partial charge in [-0.1, -0.05) is 36.0 Å². The molecule has 0 saturated heterocycles. The lowest BCUT2D eigenvalue weighted by molar-refractivity contribution is 0.252. The Morgan fingerprint density at radius 2 is 2.21 bits per heavy atom. The average Bonchev–Trinajstić information content (AvgIpc) is 2.14. The van der Waals surface area contributed by atoms with Gasteiger partial charge in [-0.2, -0.15) is 8.78 Å². The fraction of sp³-hybridized carbons (Fsp3) is 0.200. The van der Waals surface area contributed by atoms with Crippen LogP contribution in [0, 0.1) is 0 Å². The summed E-state index contributed by atoms with van der Waals surface area (Å²) in [5.74, 6) is -2.37. The Morgan fingerprint density at radius 1 is 1.43 bits per heavy atom. The third-order valence-corrected chi connectivity index (χ3v) is 2.23. The predicted octanol–water partition coefficient (Wildman–Crippen LogP) is 2.97. The Morgan fingerprint density at radius 3 is 2.86 bits per heavy atom. The minimum absolute atomic E-state index is 0.451. The van der Waals surface area contributed by atoms with Crippen molar-refractivity contribution >= 4 is 17.8 Å². The second-order valence-corrected chi connectivity index (χ2v) is 3.65. The third-order valence-electron chi connectivity index (χ3n) is 1.53. The molecule has 14 heavy (non-hydrogen) atoms. The number of benzene rings is 1. The topological polar surface area (TPSA) is 26.0 Å². The number of nitrogens with two attached hydrogens (primary N) is 1. The molecule has 1 rings (SSSR count). The Bertz CT molecular complexity index is 313. The van der Waals surface area contributed by atoms with Crippen LogP contribution in [0.5, 0.6) is 0 Å². The Balaban J connectivity index is 2.73. The van der Waals surface area contributed by atoms with Gasteiger partial charge in [0.05, 0.1) is 0 Å². The lowest BCUT2D eigenvalue weighted by Gasteiger charge is -2.00. The molecule has 0 atom stereocenters. The van der Waals surface area contributed by atoms with Gasteiger partial charge in [-0.05, 0) is 17.7 Å². The molecule has 0 aliphatic rings. The van der Waals surface area contributed by atoms with Gasteiger partial charge in [0.2, 0.25) is 0 Å². The molecule has 0 radical (unpaired) electrons. The van der Waals surface area contributed by atoms with Gasteiger partial charge in [-0.25, -0.2) is 0 Å². The van der Waals surface area contributed by atoms with Crippen LogP contribution in [-0.4, -0.2) is 12.3 Å². The second kappa shape index (κ2) is 5.78. The summed E-state index contributed by atoms with van der Waals surface area (Å²) >= 11 is 0.548. The number of hydrogen-bond acceptors (Lipinski definition) is 2. The van der Waals surface area contributed by atoms with Gasteiger partial charge in [0.15, 0.2) is 0 Å². The number of thioether (sulfide) groups is 1. The lowest BCUT2D eigenvalue weighted by Crippen LogP contribution is -1.91. The van der Waals surface area contributed by atoms with E-state index in [1.54, 1.807) is 24.3 Å². The number of alkyl halides is 2. The summed E-state index contributed by atoms with van der Waals surface area (Å²) in [6, 6.07) is 6.97. The van der Waals surface area contributed by atoms with E-state index in [-0.39, 0.29) is 0 Å². The largest absolute Gasteiger partial charge is 0.327 e. The summed E-state index contributed by atoms with van der Waals surface area (Å²) in [5.41, 5.74) is 6.17. The van der Waals surface area contributed by atoms with Gasteiger partial charge in [-0.15, -0.1) is 0 Å².